The maximum atomic E-state index is 12.2. The summed E-state index contributed by atoms with van der Waals surface area (Å²) >= 11 is 0. The Morgan fingerprint density at radius 3 is 2.50 bits per heavy atom. The van der Waals surface area contributed by atoms with Crippen molar-refractivity contribution in [1.82, 2.24) is 5.16 Å². The number of ether oxygens (including phenoxy) is 2. The van der Waals surface area contributed by atoms with Gasteiger partial charge in [-0.2, -0.15) is 0 Å². The average molecular weight is 360 g/mol. The molecule has 1 heterocycles. The fraction of sp³-hybridized carbons (Fsp3) is 0.421. The zero-order valence-electron chi connectivity index (χ0n) is 15.5. The van der Waals surface area contributed by atoms with E-state index < -0.39 is 12.1 Å². The molecule has 0 fully saturated rings. The summed E-state index contributed by atoms with van der Waals surface area (Å²) in [6.07, 6.45) is -0.268. The van der Waals surface area contributed by atoms with Crippen LogP contribution < -0.4 is 10.1 Å². The van der Waals surface area contributed by atoms with Gasteiger partial charge in [-0.1, -0.05) is 5.16 Å². The number of esters is 1. The number of rotatable bonds is 8. The summed E-state index contributed by atoms with van der Waals surface area (Å²) < 4.78 is 15.6. The van der Waals surface area contributed by atoms with Gasteiger partial charge in [0.05, 0.1) is 12.3 Å². The molecular formula is C19H24N2O5. The van der Waals surface area contributed by atoms with Gasteiger partial charge in [0.2, 0.25) is 0 Å². The van der Waals surface area contributed by atoms with Crippen molar-refractivity contribution >= 4 is 17.6 Å². The Hall–Kier alpha value is -2.83. The first kappa shape index (κ1) is 19.5. The molecule has 26 heavy (non-hydrogen) atoms. The fourth-order valence-electron chi connectivity index (χ4n) is 2.44. The second kappa shape index (κ2) is 9.03. The maximum Gasteiger partial charge on any atom is 0.306 e. The molecule has 0 aliphatic rings. The van der Waals surface area contributed by atoms with Crippen molar-refractivity contribution in [1.29, 1.82) is 0 Å². The molecule has 2 rings (SSSR count). The van der Waals surface area contributed by atoms with Crippen LogP contribution in [0.3, 0.4) is 0 Å². The second-order valence-electron chi connectivity index (χ2n) is 5.88. The van der Waals surface area contributed by atoms with E-state index in [0.717, 1.165) is 17.0 Å². The molecule has 0 spiro atoms. The summed E-state index contributed by atoms with van der Waals surface area (Å²) in [5.74, 6) is 0.583. The summed E-state index contributed by atoms with van der Waals surface area (Å²) in [6, 6.07) is 6.99. The van der Waals surface area contributed by atoms with Crippen LogP contribution in [0.15, 0.2) is 28.8 Å². The van der Waals surface area contributed by atoms with Crippen LogP contribution in [0.5, 0.6) is 5.75 Å². The minimum atomic E-state index is -0.890. The zero-order chi connectivity index (χ0) is 19.1. The predicted octanol–water partition coefficient (Wildman–Crippen LogP) is 3.19. The van der Waals surface area contributed by atoms with Gasteiger partial charge in [0.15, 0.2) is 6.10 Å². The van der Waals surface area contributed by atoms with E-state index >= 15 is 0 Å². The largest absolute Gasteiger partial charge is 0.494 e. The Morgan fingerprint density at radius 2 is 1.92 bits per heavy atom. The highest BCUT2D eigenvalue weighted by Crippen LogP contribution is 2.17. The lowest BCUT2D eigenvalue weighted by atomic mass is 10.1. The number of hydrogen-bond donors (Lipinski definition) is 1. The summed E-state index contributed by atoms with van der Waals surface area (Å²) in [6.45, 7) is 7.64. The number of nitrogens with one attached hydrogen (secondary N) is 1. The molecule has 140 valence electrons. The van der Waals surface area contributed by atoms with Gasteiger partial charge in [-0.15, -0.1) is 0 Å². The van der Waals surface area contributed by atoms with Crippen molar-refractivity contribution in [3.05, 3.63) is 41.3 Å². The summed E-state index contributed by atoms with van der Waals surface area (Å²) in [5.41, 5.74) is 2.27. The molecule has 1 N–H and O–H groups in total. The van der Waals surface area contributed by atoms with E-state index in [4.69, 9.17) is 14.0 Å². The van der Waals surface area contributed by atoms with Crippen LogP contribution in [0.25, 0.3) is 0 Å². The van der Waals surface area contributed by atoms with Gasteiger partial charge in [0.1, 0.15) is 11.5 Å². The van der Waals surface area contributed by atoms with Crippen LogP contribution in [-0.4, -0.2) is 29.7 Å². The number of carbonyl (C=O) groups excluding carboxylic acids is 2. The minimum absolute atomic E-state index is 0.156. The zero-order valence-corrected chi connectivity index (χ0v) is 15.5. The smallest absolute Gasteiger partial charge is 0.306 e. The van der Waals surface area contributed by atoms with Crippen LogP contribution >= 0.6 is 0 Å². The SMILES string of the molecule is CCOc1ccc(NC(=O)[C@H](C)OC(=O)CCc2c(C)noc2C)cc1. The van der Waals surface area contributed by atoms with Crippen LogP contribution in [-0.2, 0) is 20.7 Å². The van der Waals surface area contributed by atoms with Crippen molar-refractivity contribution in [3.8, 4) is 5.75 Å². The highest BCUT2D eigenvalue weighted by Gasteiger charge is 2.19. The first-order valence-corrected chi connectivity index (χ1v) is 8.55. The van der Waals surface area contributed by atoms with E-state index in [1.54, 1.807) is 31.2 Å². The molecule has 7 heteroatoms. The molecule has 0 aliphatic heterocycles. The lowest BCUT2D eigenvalue weighted by Crippen LogP contribution is -2.30. The molecule has 0 unspecified atom stereocenters. The summed E-state index contributed by atoms with van der Waals surface area (Å²) in [4.78, 5) is 24.1. The van der Waals surface area contributed by atoms with E-state index in [9.17, 15) is 9.59 Å². The molecule has 1 atom stereocenters. The Bertz CT molecular complexity index is 732. The first-order valence-electron chi connectivity index (χ1n) is 8.55. The number of hydrogen-bond acceptors (Lipinski definition) is 6. The first-order chi connectivity index (χ1) is 12.4. The van der Waals surface area contributed by atoms with E-state index in [2.05, 4.69) is 10.5 Å². The molecule has 0 bridgehead atoms. The lowest BCUT2D eigenvalue weighted by Gasteiger charge is -2.14. The molecule has 0 saturated carbocycles. The van der Waals surface area contributed by atoms with Gasteiger partial charge in [-0.3, -0.25) is 9.59 Å². The van der Waals surface area contributed by atoms with Crippen LogP contribution in [0.2, 0.25) is 0 Å². The molecular weight excluding hydrogens is 336 g/mol. The highest BCUT2D eigenvalue weighted by molar-refractivity contribution is 5.95. The van der Waals surface area contributed by atoms with E-state index in [1.807, 2.05) is 13.8 Å². The Morgan fingerprint density at radius 1 is 1.23 bits per heavy atom. The summed E-state index contributed by atoms with van der Waals surface area (Å²) in [5, 5.41) is 6.56. The standard InChI is InChI=1S/C19H24N2O5/c1-5-24-16-8-6-15(7-9-16)20-19(23)14(4)25-18(22)11-10-17-12(2)21-26-13(17)3/h6-9,14H,5,10-11H2,1-4H3,(H,20,23)/t14-/m0/s1. The van der Waals surface area contributed by atoms with Crippen LogP contribution in [0.4, 0.5) is 5.69 Å². The number of aryl methyl sites for hydroxylation is 2. The van der Waals surface area contributed by atoms with Gasteiger partial charge in [0.25, 0.3) is 5.91 Å². The number of carbonyl (C=O) groups is 2. The van der Waals surface area contributed by atoms with E-state index in [1.165, 1.54) is 6.92 Å². The molecule has 0 saturated heterocycles. The second-order valence-corrected chi connectivity index (χ2v) is 5.88. The average Bonchev–Trinajstić information content (AvgIpc) is 2.93. The van der Waals surface area contributed by atoms with Gasteiger partial charge >= 0.3 is 5.97 Å². The third-order valence-corrected chi connectivity index (χ3v) is 3.87. The quantitative estimate of drug-likeness (QED) is 0.727. The molecule has 1 aromatic carbocycles. The predicted molar refractivity (Wildman–Crippen MR) is 96.1 cm³/mol. The van der Waals surface area contributed by atoms with E-state index in [-0.39, 0.29) is 12.3 Å². The number of anilines is 1. The molecule has 0 radical (unpaired) electrons. The monoisotopic (exact) mass is 360 g/mol. The van der Waals surface area contributed by atoms with Gasteiger partial charge in [-0.05, 0) is 58.4 Å². The van der Waals surface area contributed by atoms with Crippen molar-refractivity contribution in [3.63, 3.8) is 0 Å². The Labute approximate surface area is 152 Å². The lowest BCUT2D eigenvalue weighted by molar-refractivity contribution is -0.153. The van der Waals surface area contributed by atoms with Gasteiger partial charge in [0, 0.05) is 17.7 Å². The number of benzene rings is 1. The molecule has 0 aliphatic carbocycles. The minimum Gasteiger partial charge on any atom is -0.494 e. The molecule has 1 aromatic heterocycles. The van der Waals surface area contributed by atoms with E-state index in [0.29, 0.717) is 24.5 Å². The van der Waals surface area contributed by atoms with Crippen LogP contribution in [0, 0.1) is 13.8 Å². The normalized spacial score (nSPS) is 11.7. The van der Waals surface area contributed by atoms with Crippen molar-refractivity contribution < 1.29 is 23.6 Å². The van der Waals surface area contributed by atoms with Crippen molar-refractivity contribution in [2.24, 2.45) is 0 Å². The molecule has 7 nitrogen and oxygen atoms in total. The molecule has 1 amide bonds. The summed E-state index contributed by atoms with van der Waals surface area (Å²) in [7, 11) is 0. The maximum absolute atomic E-state index is 12.2. The number of nitrogens with zero attached hydrogens (tertiary/aromatic N) is 1. The van der Waals surface area contributed by atoms with Gasteiger partial charge < -0.3 is 19.3 Å². The third kappa shape index (κ3) is 5.34. The number of aromatic nitrogens is 1. The topological polar surface area (TPSA) is 90.7 Å². The molecule has 2 aromatic rings. The Kier molecular flexibility index (Phi) is 6.77. The van der Waals surface area contributed by atoms with Crippen molar-refractivity contribution in [2.75, 3.05) is 11.9 Å². The highest BCUT2D eigenvalue weighted by atomic mass is 16.5. The van der Waals surface area contributed by atoms with Gasteiger partial charge in [-0.25, -0.2) is 0 Å². The Balaban J connectivity index is 1.81. The number of amides is 1. The third-order valence-electron chi connectivity index (χ3n) is 3.87. The van der Waals surface area contributed by atoms with Crippen molar-refractivity contribution in [2.45, 2.75) is 46.6 Å². The van der Waals surface area contributed by atoms with Crippen LogP contribution in [0.1, 0.15) is 37.3 Å². The fourth-order valence-corrected chi connectivity index (χ4v) is 2.44.